The zero-order valence-corrected chi connectivity index (χ0v) is 11.2. The number of benzene rings is 1. The highest BCUT2D eigenvalue weighted by Gasteiger charge is 2.15. The molecule has 1 heterocycles. The number of amides is 1. The van der Waals surface area contributed by atoms with Crippen molar-refractivity contribution in [3.8, 4) is 0 Å². The maximum absolute atomic E-state index is 12.4. The number of nitrogens with zero attached hydrogens (tertiary/aromatic N) is 1. The van der Waals surface area contributed by atoms with E-state index in [0.717, 1.165) is 25.9 Å². The molecule has 0 aliphatic rings. The Morgan fingerprint density at radius 2 is 1.95 bits per heavy atom. The first-order chi connectivity index (χ1) is 9.15. The molecule has 1 amide bonds. The Bertz CT molecular complexity index is 621. The second-order valence-electron chi connectivity index (χ2n) is 4.52. The number of nitrogens with one attached hydrogen (secondary N) is 1. The van der Waals surface area contributed by atoms with E-state index in [4.69, 9.17) is 4.42 Å². The highest BCUT2D eigenvalue weighted by molar-refractivity contribution is 5.97. The summed E-state index contributed by atoms with van der Waals surface area (Å²) in [5.41, 5.74) is 1.58. The lowest BCUT2D eigenvalue weighted by atomic mass is 10.1. The SMILES string of the molecule is CCCN(CCC)C(=O)c1ccc2[nH]c(=O)oc2c1. The molecule has 2 aromatic rings. The van der Waals surface area contributed by atoms with Crippen LogP contribution in [-0.4, -0.2) is 28.9 Å². The molecule has 0 spiro atoms. The van der Waals surface area contributed by atoms with Crippen molar-refractivity contribution in [1.82, 2.24) is 9.88 Å². The van der Waals surface area contributed by atoms with E-state index in [-0.39, 0.29) is 5.91 Å². The molecule has 19 heavy (non-hydrogen) atoms. The van der Waals surface area contributed by atoms with Gasteiger partial charge in [-0.05, 0) is 31.0 Å². The van der Waals surface area contributed by atoms with Crippen LogP contribution < -0.4 is 5.76 Å². The highest BCUT2D eigenvalue weighted by Crippen LogP contribution is 2.14. The van der Waals surface area contributed by atoms with E-state index in [0.29, 0.717) is 16.7 Å². The van der Waals surface area contributed by atoms with Gasteiger partial charge in [-0.15, -0.1) is 0 Å². The minimum absolute atomic E-state index is 0.0190. The molecule has 0 fully saturated rings. The fraction of sp³-hybridized carbons (Fsp3) is 0.429. The summed E-state index contributed by atoms with van der Waals surface area (Å²) >= 11 is 0. The number of carbonyl (C=O) groups excluding carboxylic acids is 1. The van der Waals surface area contributed by atoms with Gasteiger partial charge in [0.1, 0.15) is 0 Å². The average molecular weight is 262 g/mol. The number of carbonyl (C=O) groups is 1. The number of hydrogen-bond acceptors (Lipinski definition) is 3. The number of hydrogen-bond donors (Lipinski definition) is 1. The van der Waals surface area contributed by atoms with E-state index < -0.39 is 5.76 Å². The lowest BCUT2D eigenvalue weighted by Crippen LogP contribution is -2.32. The molecule has 5 heteroatoms. The minimum atomic E-state index is -0.501. The molecule has 0 saturated carbocycles. The first-order valence-electron chi connectivity index (χ1n) is 6.57. The predicted octanol–water partition coefficient (Wildman–Crippen LogP) is 2.38. The molecule has 0 unspecified atom stereocenters. The Kier molecular flexibility index (Phi) is 4.04. The van der Waals surface area contributed by atoms with Crippen LogP contribution in [0.5, 0.6) is 0 Å². The molecule has 0 saturated heterocycles. The Morgan fingerprint density at radius 3 is 2.58 bits per heavy atom. The van der Waals surface area contributed by atoms with Crippen LogP contribution >= 0.6 is 0 Å². The third-order valence-electron chi connectivity index (χ3n) is 2.94. The van der Waals surface area contributed by atoms with Crippen molar-refractivity contribution in [3.63, 3.8) is 0 Å². The van der Waals surface area contributed by atoms with E-state index >= 15 is 0 Å². The van der Waals surface area contributed by atoms with E-state index in [1.165, 1.54) is 0 Å². The third-order valence-corrected chi connectivity index (χ3v) is 2.94. The minimum Gasteiger partial charge on any atom is -0.408 e. The molecular weight excluding hydrogens is 244 g/mol. The van der Waals surface area contributed by atoms with Crippen molar-refractivity contribution < 1.29 is 9.21 Å². The highest BCUT2D eigenvalue weighted by atomic mass is 16.4. The van der Waals surface area contributed by atoms with Gasteiger partial charge in [0, 0.05) is 18.7 Å². The first-order valence-corrected chi connectivity index (χ1v) is 6.57. The first kappa shape index (κ1) is 13.4. The monoisotopic (exact) mass is 262 g/mol. The lowest BCUT2D eigenvalue weighted by Gasteiger charge is -2.21. The van der Waals surface area contributed by atoms with Crippen LogP contribution in [0.4, 0.5) is 0 Å². The fourth-order valence-corrected chi connectivity index (χ4v) is 2.12. The molecule has 1 aromatic heterocycles. The van der Waals surface area contributed by atoms with Gasteiger partial charge in [0.25, 0.3) is 5.91 Å². The van der Waals surface area contributed by atoms with Crippen LogP contribution in [0, 0.1) is 0 Å². The summed E-state index contributed by atoms with van der Waals surface area (Å²) in [6, 6.07) is 5.03. The quantitative estimate of drug-likeness (QED) is 0.899. The van der Waals surface area contributed by atoms with Gasteiger partial charge in [0.05, 0.1) is 5.52 Å². The van der Waals surface area contributed by atoms with Gasteiger partial charge in [-0.1, -0.05) is 13.8 Å². The molecular formula is C14H18N2O3. The number of aromatic nitrogens is 1. The second-order valence-corrected chi connectivity index (χ2v) is 4.52. The smallest absolute Gasteiger partial charge is 0.408 e. The summed E-state index contributed by atoms with van der Waals surface area (Å²) in [6.07, 6.45) is 1.85. The maximum atomic E-state index is 12.4. The van der Waals surface area contributed by atoms with Crippen molar-refractivity contribution in [2.24, 2.45) is 0 Å². The lowest BCUT2D eigenvalue weighted by molar-refractivity contribution is 0.0755. The summed E-state index contributed by atoms with van der Waals surface area (Å²) in [6.45, 7) is 5.57. The van der Waals surface area contributed by atoms with Gasteiger partial charge in [-0.25, -0.2) is 4.79 Å². The third kappa shape index (κ3) is 2.86. The molecule has 1 N–H and O–H groups in total. The van der Waals surface area contributed by atoms with Crippen molar-refractivity contribution >= 4 is 17.0 Å². The van der Waals surface area contributed by atoms with E-state index in [9.17, 15) is 9.59 Å². The number of fused-ring (bicyclic) bond motifs is 1. The molecule has 0 aliphatic heterocycles. The molecule has 2 rings (SSSR count). The van der Waals surface area contributed by atoms with Crippen LogP contribution in [0.3, 0.4) is 0 Å². The Hall–Kier alpha value is -2.04. The van der Waals surface area contributed by atoms with Crippen LogP contribution in [0.2, 0.25) is 0 Å². The van der Waals surface area contributed by atoms with E-state index in [1.54, 1.807) is 18.2 Å². The molecule has 0 atom stereocenters. The van der Waals surface area contributed by atoms with Gasteiger partial charge in [-0.3, -0.25) is 9.78 Å². The van der Waals surface area contributed by atoms with Gasteiger partial charge in [0.2, 0.25) is 0 Å². The summed E-state index contributed by atoms with van der Waals surface area (Å²) in [7, 11) is 0. The van der Waals surface area contributed by atoms with Gasteiger partial charge >= 0.3 is 5.76 Å². The van der Waals surface area contributed by atoms with Crippen molar-refractivity contribution in [2.45, 2.75) is 26.7 Å². The van der Waals surface area contributed by atoms with Crippen molar-refractivity contribution in [1.29, 1.82) is 0 Å². The van der Waals surface area contributed by atoms with E-state index in [2.05, 4.69) is 4.98 Å². The standard InChI is InChI=1S/C14H18N2O3/c1-3-7-16(8-4-2)13(17)10-5-6-11-12(9-10)19-14(18)15-11/h5-6,9H,3-4,7-8H2,1-2H3,(H,15,18). The predicted molar refractivity (Wildman–Crippen MR) is 73.3 cm³/mol. The Balaban J connectivity index is 2.30. The zero-order chi connectivity index (χ0) is 13.8. The number of rotatable bonds is 5. The topological polar surface area (TPSA) is 66.3 Å². The average Bonchev–Trinajstić information content (AvgIpc) is 2.76. The maximum Gasteiger partial charge on any atom is 0.417 e. The van der Waals surface area contributed by atoms with Crippen molar-refractivity contribution in [2.75, 3.05) is 13.1 Å². The number of oxazole rings is 1. The summed E-state index contributed by atoms with van der Waals surface area (Å²) in [5.74, 6) is -0.520. The van der Waals surface area contributed by atoms with Crippen LogP contribution in [0.1, 0.15) is 37.0 Å². The molecule has 0 aliphatic carbocycles. The number of H-pyrrole nitrogens is 1. The van der Waals surface area contributed by atoms with Crippen LogP contribution in [0.15, 0.2) is 27.4 Å². The molecule has 0 radical (unpaired) electrons. The Labute approximate surface area is 111 Å². The largest absolute Gasteiger partial charge is 0.417 e. The zero-order valence-electron chi connectivity index (χ0n) is 11.2. The molecule has 0 bridgehead atoms. The summed E-state index contributed by atoms with van der Waals surface area (Å²) in [5, 5.41) is 0. The Morgan fingerprint density at radius 1 is 1.26 bits per heavy atom. The number of aromatic amines is 1. The van der Waals surface area contributed by atoms with Gasteiger partial charge < -0.3 is 9.32 Å². The fourth-order valence-electron chi connectivity index (χ4n) is 2.12. The second kappa shape index (κ2) is 5.73. The molecule has 5 nitrogen and oxygen atoms in total. The van der Waals surface area contributed by atoms with Gasteiger partial charge in [-0.2, -0.15) is 0 Å². The van der Waals surface area contributed by atoms with Gasteiger partial charge in [0.15, 0.2) is 5.58 Å². The summed E-state index contributed by atoms with van der Waals surface area (Å²) in [4.78, 5) is 27.8. The summed E-state index contributed by atoms with van der Waals surface area (Å²) < 4.78 is 4.98. The molecule has 1 aromatic carbocycles. The van der Waals surface area contributed by atoms with Crippen molar-refractivity contribution in [3.05, 3.63) is 34.3 Å². The van der Waals surface area contributed by atoms with E-state index in [1.807, 2.05) is 18.7 Å². The normalized spacial score (nSPS) is 10.8. The van der Waals surface area contributed by atoms with Crippen LogP contribution in [-0.2, 0) is 0 Å². The van der Waals surface area contributed by atoms with Crippen LogP contribution in [0.25, 0.3) is 11.1 Å². The molecule has 102 valence electrons.